The number of benzene rings is 3. The van der Waals surface area contributed by atoms with Crippen LogP contribution in [-0.4, -0.2) is 46.7 Å². The van der Waals surface area contributed by atoms with Crippen LogP contribution >= 0.6 is 0 Å². The topological polar surface area (TPSA) is 59.1 Å². The summed E-state index contributed by atoms with van der Waals surface area (Å²) in [6.07, 6.45) is 1.50. The van der Waals surface area contributed by atoms with Gasteiger partial charge >= 0.3 is 0 Å². The van der Waals surface area contributed by atoms with Gasteiger partial charge in [0.15, 0.2) is 0 Å². The van der Waals surface area contributed by atoms with E-state index < -0.39 is 10.0 Å². The molecule has 0 radical (unpaired) electrons. The predicted molar refractivity (Wildman–Crippen MR) is 140 cm³/mol. The molecule has 0 atom stereocenters. The number of aryl methyl sites for hydroxylation is 2. The third kappa shape index (κ3) is 5.80. The first-order valence-corrected chi connectivity index (χ1v) is 13.4. The van der Waals surface area contributed by atoms with Gasteiger partial charge in [-0.25, -0.2) is 8.42 Å². The summed E-state index contributed by atoms with van der Waals surface area (Å²) in [6.45, 7) is 6.33. The van der Waals surface area contributed by atoms with E-state index in [0.29, 0.717) is 10.6 Å². The van der Waals surface area contributed by atoms with Gasteiger partial charge in [-0.05, 0) is 68.7 Å². The summed E-state index contributed by atoms with van der Waals surface area (Å²) < 4.78 is 40.1. The Labute approximate surface area is 209 Å². The summed E-state index contributed by atoms with van der Waals surface area (Å²) in [4.78, 5) is 2.69. The third-order valence-electron chi connectivity index (χ3n) is 6.57. The summed E-state index contributed by atoms with van der Waals surface area (Å²) in [6, 6.07) is 20.7. The fourth-order valence-corrected chi connectivity index (χ4v) is 6.30. The Morgan fingerprint density at radius 2 is 1.34 bits per heavy atom. The SMILES string of the molecule is COc1cc(CN2CCC(N(c3ccc(C)cc3)S(=O)(=O)c3ccc(C)cc3)CC2)cc(OC)c1. The van der Waals surface area contributed by atoms with Gasteiger partial charge in [-0.15, -0.1) is 0 Å². The largest absolute Gasteiger partial charge is 0.497 e. The van der Waals surface area contributed by atoms with Crippen molar-refractivity contribution in [2.75, 3.05) is 31.6 Å². The second kappa shape index (κ2) is 10.7. The van der Waals surface area contributed by atoms with Crippen LogP contribution in [0.25, 0.3) is 0 Å². The van der Waals surface area contributed by atoms with Crippen LogP contribution in [0.1, 0.15) is 29.5 Å². The lowest BCUT2D eigenvalue weighted by molar-refractivity contribution is 0.206. The Bertz CT molecular complexity index is 1210. The molecule has 0 unspecified atom stereocenters. The van der Waals surface area contributed by atoms with E-state index in [1.165, 1.54) is 0 Å². The van der Waals surface area contributed by atoms with E-state index in [9.17, 15) is 8.42 Å². The molecule has 0 bridgehead atoms. The molecule has 6 nitrogen and oxygen atoms in total. The average molecular weight is 495 g/mol. The Morgan fingerprint density at radius 1 is 0.829 bits per heavy atom. The van der Waals surface area contributed by atoms with E-state index >= 15 is 0 Å². The Hall–Kier alpha value is -3.03. The third-order valence-corrected chi connectivity index (χ3v) is 8.47. The van der Waals surface area contributed by atoms with Crippen LogP contribution in [0.2, 0.25) is 0 Å². The Morgan fingerprint density at radius 3 is 1.86 bits per heavy atom. The number of methoxy groups -OCH3 is 2. The van der Waals surface area contributed by atoms with Crippen LogP contribution in [0.3, 0.4) is 0 Å². The van der Waals surface area contributed by atoms with Gasteiger partial charge in [0.2, 0.25) is 0 Å². The highest BCUT2D eigenvalue weighted by molar-refractivity contribution is 7.92. The lowest BCUT2D eigenvalue weighted by atomic mass is 10.0. The number of likely N-dealkylation sites (tertiary alicyclic amines) is 1. The molecule has 0 N–H and O–H groups in total. The number of hydrogen-bond acceptors (Lipinski definition) is 5. The zero-order valence-electron chi connectivity index (χ0n) is 20.9. The molecule has 1 saturated heterocycles. The molecule has 0 saturated carbocycles. The van der Waals surface area contributed by atoms with Crippen molar-refractivity contribution >= 4 is 15.7 Å². The normalized spacial score (nSPS) is 15.1. The molecule has 35 heavy (non-hydrogen) atoms. The minimum absolute atomic E-state index is 0.111. The maximum atomic E-state index is 13.8. The standard InChI is InChI=1S/C28H34N2O4S/c1-21-5-9-24(10-6-21)30(35(31,32)28-11-7-22(2)8-12-28)25-13-15-29(16-14-25)20-23-17-26(33-3)19-27(18-23)34-4/h5-12,17-19,25H,13-16,20H2,1-4H3. The number of rotatable bonds is 8. The van der Waals surface area contributed by atoms with E-state index in [-0.39, 0.29) is 6.04 Å². The van der Waals surface area contributed by atoms with Gasteiger partial charge in [0, 0.05) is 31.7 Å². The number of sulfonamides is 1. The maximum absolute atomic E-state index is 13.8. The number of ether oxygens (including phenoxy) is 2. The molecule has 0 aromatic heterocycles. The van der Waals surface area contributed by atoms with Crippen molar-refractivity contribution in [2.24, 2.45) is 0 Å². The highest BCUT2D eigenvalue weighted by Crippen LogP contribution is 2.32. The zero-order chi connectivity index (χ0) is 25.0. The summed E-state index contributed by atoms with van der Waals surface area (Å²) in [5.41, 5.74) is 3.97. The molecular weight excluding hydrogens is 460 g/mol. The second-order valence-corrected chi connectivity index (χ2v) is 11.0. The fourth-order valence-electron chi connectivity index (χ4n) is 4.59. The van der Waals surface area contributed by atoms with E-state index in [4.69, 9.17) is 9.47 Å². The molecule has 3 aromatic carbocycles. The monoisotopic (exact) mass is 494 g/mol. The first kappa shape index (κ1) is 25.1. The number of anilines is 1. The van der Waals surface area contributed by atoms with Crippen LogP contribution in [0.5, 0.6) is 11.5 Å². The van der Waals surface area contributed by atoms with Crippen LogP contribution in [0.4, 0.5) is 5.69 Å². The van der Waals surface area contributed by atoms with Gasteiger partial charge in [-0.2, -0.15) is 0 Å². The van der Waals surface area contributed by atoms with Crippen molar-refractivity contribution in [2.45, 2.75) is 44.2 Å². The molecule has 1 fully saturated rings. The van der Waals surface area contributed by atoms with Gasteiger partial charge in [0.25, 0.3) is 10.0 Å². The van der Waals surface area contributed by atoms with Crippen molar-refractivity contribution in [3.63, 3.8) is 0 Å². The molecule has 3 aromatic rings. The van der Waals surface area contributed by atoms with Crippen molar-refractivity contribution in [1.82, 2.24) is 4.90 Å². The molecule has 1 aliphatic heterocycles. The van der Waals surface area contributed by atoms with Gasteiger partial charge < -0.3 is 9.47 Å². The van der Waals surface area contributed by atoms with Crippen molar-refractivity contribution < 1.29 is 17.9 Å². The fraction of sp³-hybridized carbons (Fsp3) is 0.357. The summed E-state index contributed by atoms with van der Waals surface area (Å²) in [7, 11) is -0.394. The predicted octanol–water partition coefficient (Wildman–Crippen LogP) is 5.18. The molecule has 186 valence electrons. The zero-order valence-corrected chi connectivity index (χ0v) is 21.7. The molecule has 0 spiro atoms. The first-order valence-electron chi connectivity index (χ1n) is 11.9. The van der Waals surface area contributed by atoms with E-state index in [0.717, 1.165) is 60.7 Å². The maximum Gasteiger partial charge on any atom is 0.264 e. The summed E-state index contributed by atoms with van der Waals surface area (Å²) >= 11 is 0. The highest BCUT2D eigenvalue weighted by Gasteiger charge is 2.34. The van der Waals surface area contributed by atoms with Gasteiger partial charge in [0.05, 0.1) is 24.8 Å². The molecule has 0 amide bonds. The van der Waals surface area contributed by atoms with E-state index in [2.05, 4.69) is 4.90 Å². The first-order chi connectivity index (χ1) is 16.8. The van der Waals surface area contributed by atoms with Crippen LogP contribution < -0.4 is 13.8 Å². The van der Waals surface area contributed by atoms with Gasteiger partial charge in [-0.3, -0.25) is 9.21 Å². The van der Waals surface area contributed by atoms with Gasteiger partial charge in [0.1, 0.15) is 11.5 Å². The van der Waals surface area contributed by atoms with E-state index in [1.54, 1.807) is 30.7 Å². The highest BCUT2D eigenvalue weighted by atomic mass is 32.2. The van der Waals surface area contributed by atoms with Crippen LogP contribution in [0.15, 0.2) is 71.6 Å². The minimum Gasteiger partial charge on any atom is -0.497 e. The smallest absolute Gasteiger partial charge is 0.264 e. The quantitative estimate of drug-likeness (QED) is 0.432. The summed E-state index contributed by atoms with van der Waals surface area (Å²) in [5, 5.41) is 0. The van der Waals surface area contributed by atoms with Crippen molar-refractivity contribution in [3.05, 3.63) is 83.4 Å². The average Bonchev–Trinajstić information content (AvgIpc) is 2.86. The molecular formula is C28H34N2O4S. The lowest BCUT2D eigenvalue weighted by Gasteiger charge is -2.39. The number of hydrogen-bond donors (Lipinski definition) is 0. The summed E-state index contributed by atoms with van der Waals surface area (Å²) in [5.74, 6) is 1.54. The van der Waals surface area contributed by atoms with Gasteiger partial charge in [-0.1, -0.05) is 35.4 Å². The van der Waals surface area contributed by atoms with E-state index in [1.807, 2.05) is 68.4 Å². The lowest BCUT2D eigenvalue weighted by Crippen LogP contribution is -2.47. The van der Waals surface area contributed by atoms with Crippen LogP contribution in [0, 0.1) is 13.8 Å². The molecule has 1 heterocycles. The molecule has 1 aliphatic rings. The molecule has 4 rings (SSSR count). The van der Waals surface area contributed by atoms with Crippen molar-refractivity contribution in [1.29, 1.82) is 0 Å². The molecule has 7 heteroatoms. The Balaban J connectivity index is 1.55. The number of piperidine rings is 1. The molecule has 0 aliphatic carbocycles. The second-order valence-electron chi connectivity index (χ2n) is 9.18. The minimum atomic E-state index is -3.70. The number of nitrogens with zero attached hydrogens (tertiary/aromatic N) is 2. The van der Waals surface area contributed by atoms with Crippen molar-refractivity contribution in [3.8, 4) is 11.5 Å². The van der Waals surface area contributed by atoms with Crippen LogP contribution in [-0.2, 0) is 16.6 Å². The Kier molecular flexibility index (Phi) is 7.67.